The predicted molar refractivity (Wildman–Crippen MR) is 83.4 cm³/mol. The summed E-state index contributed by atoms with van der Waals surface area (Å²) in [4.78, 5) is 14.0. The molecule has 1 saturated heterocycles. The quantitative estimate of drug-likeness (QED) is 0.908. The SMILES string of the molecule is CC1CC(N(CCO)C(=O)OCc2ccccc2)CC(C)O1. The van der Waals surface area contributed by atoms with Gasteiger partial charge in [-0.2, -0.15) is 0 Å². The maximum absolute atomic E-state index is 12.4. The van der Waals surface area contributed by atoms with Crippen molar-refractivity contribution in [3.63, 3.8) is 0 Å². The molecular formula is C17H25NO4. The van der Waals surface area contributed by atoms with E-state index in [1.165, 1.54) is 0 Å². The number of carbonyl (C=O) groups is 1. The Balaban J connectivity index is 1.95. The normalized spacial score (nSPS) is 24.8. The molecule has 1 aromatic carbocycles. The van der Waals surface area contributed by atoms with E-state index in [0.29, 0.717) is 0 Å². The molecule has 5 nitrogen and oxygen atoms in total. The zero-order valence-electron chi connectivity index (χ0n) is 13.3. The van der Waals surface area contributed by atoms with Gasteiger partial charge in [-0.05, 0) is 32.3 Å². The van der Waals surface area contributed by atoms with Crippen LogP contribution in [0.25, 0.3) is 0 Å². The van der Waals surface area contributed by atoms with Gasteiger partial charge in [0, 0.05) is 12.6 Å². The first-order valence-corrected chi connectivity index (χ1v) is 7.83. The van der Waals surface area contributed by atoms with Crippen molar-refractivity contribution in [1.82, 2.24) is 4.90 Å². The van der Waals surface area contributed by atoms with E-state index < -0.39 is 0 Å². The standard InChI is InChI=1S/C17H25NO4/c1-13-10-16(11-14(2)22-13)18(8-9-19)17(20)21-12-15-6-4-3-5-7-15/h3-7,13-14,16,19H,8-12H2,1-2H3. The van der Waals surface area contributed by atoms with Crippen LogP contribution in [0.1, 0.15) is 32.3 Å². The third-order valence-electron chi connectivity index (χ3n) is 3.89. The Morgan fingerprint density at radius 1 is 1.27 bits per heavy atom. The first-order valence-electron chi connectivity index (χ1n) is 7.83. The van der Waals surface area contributed by atoms with Crippen LogP contribution in [0.2, 0.25) is 0 Å². The summed E-state index contributed by atoms with van der Waals surface area (Å²) >= 11 is 0. The second-order valence-corrected chi connectivity index (χ2v) is 5.84. The van der Waals surface area contributed by atoms with E-state index >= 15 is 0 Å². The fourth-order valence-corrected chi connectivity index (χ4v) is 2.96. The van der Waals surface area contributed by atoms with Crippen molar-refractivity contribution in [1.29, 1.82) is 0 Å². The second kappa shape index (κ2) is 8.15. The highest BCUT2D eigenvalue weighted by molar-refractivity contribution is 5.68. The molecule has 0 spiro atoms. The summed E-state index contributed by atoms with van der Waals surface area (Å²) in [7, 11) is 0. The van der Waals surface area contributed by atoms with Gasteiger partial charge in [0.05, 0.1) is 18.8 Å². The van der Waals surface area contributed by atoms with E-state index in [1.54, 1.807) is 4.90 Å². The number of ether oxygens (including phenoxy) is 2. The third kappa shape index (κ3) is 4.71. The van der Waals surface area contributed by atoms with Crippen molar-refractivity contribution in [2.24, 2.45) is 0 Å². The number of rotatable bonds is 5. The largest absolute Gasteiger partial charge is 0.445 e. The predicted octanol–water partition coefficient (Wildman–Crippen LogP) is 2.57. The van der Waals surface area contributed by atoms with Crippen molar-refractivity contribution in [3.05, 3.63) is 35.9 Å². The van der Waals surface area contributed by atoms with Gasteiger partial charge in [0.1, 0.15) is 6.61 Å². The van der Waals surface area contributed by atoms with Gasteiger partial charge in [0.15, 0.2) is 0 Å². The molecule has 22 heavy (non-hydrogen) atoms. The number of amides is 1. The fraction of sp³-hybridized carbons (Fsp3) is 0.588. The van der Waals surface area contributed by atoms with E-state index in [9.17, 15) is 9.90 Å². The molecule has 2 atom stereocenters. The van der Waals surface area contributed by atoms with Crippen LogP contribution in [0, 0.1) is 0 Å². The number of nitrogens with zero attached hydrogens (tertiary/aromatic N) is 1. The fourth-order valence-electron chi connectivity index (χ4n) is 2.96. The van der Waals surface area contributed by atoms with Gasteiger partial charge in [0.2, 0.25) is 0 Å². The number of benzene rings is 1. The van der Waals surface area contributed by atoms with Crippen molar-refractivity contribution >= 4 is 6.09 Å². The summed E-state index contributed by atoms with van der Waals surface area (Å²) in [6.45, 7) is 4.48. The van der Waals surface area contributed by atoms with E-state index in [1.807, 2.05) is 44.2 Å². The molecule has 1 aliphatic heterocycles. The molecule has 1 fully saturated rings. The van der Waals surface area contributed by atoms with Crippen LogP contribution in [-0.2, 0) is 16.1 Å². The Labute approximate surface area is 131 Å². The van der Waals surface area contributed by atoms with Crippen molar-refractivity contribution in [2.75, 3.05) is 13.2 Å². The zero-order chi connectivity index (χ0) is 15.9. The van der Waals surface area contributed by atoms with Crippen LogP contribution in [0.15, 0.2) is 30.3 Å². The number of hydrogen-bond donors (Lipinski definition) is 1. The van der Waals surface area contributed by atoms with Crippen LogP contribution in [-0.4, -0.2) is 47.5 Å². The molecule has 0 aliphatic carbocycles. The van der Waals surface area contributed by atoms with Crippen LogP contribution in [0.5, 0.6) is 0 Å². The highest BCUT2D eigenvalue weighted by Crippen LogP contribution is 2.24. The van der Waals surface area contributed by atoms with Gasteiger partial charge in [-0.25, -0.2) is 4.79 Å². The minimum atomic E-state index is -0.371. The highest BCUT2D eigenvalue weighted by atomic mass is 16.6. The monoisotopic (exact) mass is 307 g/mol. The molecule has 0 saturated carbocycles. The molecule has 0 bridgehead atoms. The van der Waals surface area contributed by atoms with Gasteiger partial charge in [0.25, 0.3) is 0 Å². The molecule has 1 amide bonds. The lowest BCUT2D eigenvalue weighted by Crippen LogP contribution is -2.48. The molecule has 122 valence electrons. The third-order valence-corrected chi connectivity index (χ3v) is 3.89. The molecule has 2 rings (SSSR count). The topological polar surface area (TPSA) is 59.0 Å². The summed E-state index contributed by atoms with van der Waals surface area (Å²) in [5, 5.41) is 9.25. The number of carbonyl (C=O) groups excluding carboxylic acids is 1. The Morgan fingerprint density at radius 3 is 2.50 bits per heavy atom. The van der Waals surface area contributed by atoms with Crippen LogP contribution >= 0.6 is 0 Å². The van der Waals surface area contributed by atoms with Crippen molar-refractivity contribution in [3.8, 4) is 0 Å². The Hall–Kier alpha value is -1.59. The molecule has 1 N–H and O–H groups in total. The van der Waals surface area contributed by atoms with Crippen LogP contribution in [0.3, 0.4) is 0 Å². The molecule has 1 heterocycles. The molecule has 0 aromatic heterocycles. The summed E-state index contributed by atoms with van der Waals surface area (Å²) in [6, 6.07) is 9.64. The Kier molecular flexibility index (Phi) is 6.21. The number of aliphatic hydroxyl groups excluding tert-OH is 1. The lowest BCUT2D eigenvalue weighted by atomic mass is 9.98. The van der Waals surface area contributed by atoms with Gasteiger partial charge in [-0.3, -0.25) is 0 Å². The first kappa shape index (κ1) is 16.8. The van der Waals surface area contributed by atoms with Gasteiger partial charge in [-0.15, -0.1) is 0 Å². The molecule has 2 unspecified atom stereocenters. The minimum absolute atomic E-state index is 0.0502. The highest BCUT2D eigenvalue weighted by Gasteiger charge is 2.32. The van der Waals surface area contributed by atoms with Crippen LogP contribution < -0.4 is 0 Å². The average Bonchev–Trinajstić information content (AvgIpc) is 2.50. The lowest BCUT2D eigenvalue weighted by Gasteiger charge is -2.38. The smallest absolute Gasteiger partial charge is 0.410 e. The summed E-state index contributed by atoms with van der Waals surface area (Å²) < 4.78 is 11.1. The van der Waals surface area contributed by atoms with Crippen molar-refractivity contribution < 1.29 is 19.4 Å². The molecule has 1 aliphatic rings. The van der Waals surface area contributed by atoms with E-state index in [0.717, 1.165) is 18.4 Å². The maximum Gasteiger partial charge on any atom is 0.410 e. The lowest BCUT2D eigenvalue weighted by molar-refractivity contribution is -0.0645. The Bertz CT molecular complexity index is 455. The van der Waals surface area contributed by atoms with E-state index in [-0.39, 0.29) is 44.1 Å². The maximum atomic E-state index is 12.4. The number of hydrogen-bond acceptors (Lipinski definition) is 4. The van der Waals surface area contributed by atoms with Gasteiger partial charge < -0.3 is 19.5 Å². The Morgan fingerprint density at radius 2 is 1.91 bits per heavy atom. The molecule has 0 radical (unpaired) electrons. The van der Waals surface area contributed by atoms with Gasteiger partial charge >= 0.3 is 6.09 Å². The summed E-state index contributed by atoms with van der Waals surface area (Å²) in [6.07, 6.45) is 1.38. The minimum Gasteiger partial charge on any atom is -0.445 e. The first-order chi connectivity index (χ1) is 10.6. The second-order valence-electron chi connectivity index (χ2n) is 5.84. The summed E-state index contributed by atoms with van der Waals surface area (Å²) in [5.74, 6) is 0. The average molecular weight is 307 g/mol. The van der Waals surface area contributed by atoms with E-state index in [2.05, 4.69) is 0 Å². The summed E-state index contributed by atoms with van der Waals surface area (Å²) in [5.41, 5.74) is 0.952. The zero-order valence-corrected chi connectivity index (χ0v) is 13.3. The van der Waals surface area contributed by atoms with Crippen molar-refractivity contribution in [2.45, 2.75) is 51.5 Å². The molecule has 1 aromatic rings. The molecular weight excluding hydrogens is 282 g/mol. The van der Waals surface area contributed by atoms with Crippen LogP contribution in [0.4, 0.5) is 4.79 Å². The van der Waals surface area contributed by atoms with Gasteiger partial charge in [-0.1, -0.05) is 30.3 Å². The molecule has 5 heteroatoms. The van der Waals surface area contributed by atoms with E-state index in [4.69, 9.17) is 9.47 Å². The number of aliphatic hydroxyl groups is 1.